The summed E-state index contributed by atoms with van der Waals surface area (Å²) in [5.41, 5.74) is 1.48. The highest BCUT2D eigenvalue weighted by atomic mass is 16.4. The van der Waals surface area contributed by atoms with E-state index in [4.69, 9.17) is 0 Å². The van der Waals surface area contributed by atoms with Gasteiger partial charge in [0, 0.05) is 11.3 Å². The molecule has 1 spiro atoms. The van der Waals surface area contributed by atoms with Gasteiger partial charge in [-0.2, -0.15) is 0 Å². The monoisotopic (exact) mass is 203 g/mol. The van der Waals surface area contributed by atoms with Gasteiger partial charge in [-0.1, -0.05) is 17.3 Å². The van der Waals surface area contributed by atoms with Crippen molar-refractivity contribution >= 4 is 5.71 Å². The molecular formula is C13H17NO. The van der Waals surface area contributed by atoms with E-state index >= 15 is 0 Å². The zero-order valence-corrected chi connectivity index (χ0v) is 8.89. The fourth-order valence-electron chi connectivity index (χ4n) is 5.12. The lowest BCUT2D eigenvalue weighted by atomic mass is 9.64. The molecule has 0 aromatic carbocycles. The maximum Gasteiger partial charge on any atom is 0.0672 e. The SMILES string of the molecule is O/N=C1/C2CCC(C2)C12CC1C=CC2C1. The minimum atomic E-state index is 0.303. The van der Waals surface area contributed by atoms with Crippen molar-refractivity contribution in [1.29, 1.82) is 0 Å². The second-order valence-corrected chi connectivity index (χ2v) is 5.92. The number of hydrogen-bond donors (Lipinski definition) is 1. The molecule has 4 aliphatic carbocycles. The molecule has 4 bridgehead atoms. The summed E-state index contributed by atoms with van der Waals surface area (Å²) in [6.07, 6.45) is 11.3. The van der Waals surface area contributed by atoms with Gasteiger partial charge in [-0.3, -0.25) is 0 Å². The smallest absolute Gasteiger partial charge is 0.0672 e. The van der Waals surface area contributed by atoms with E-state index in [1.165, 1.54) is 37.8 Å². The van der Waals surface area contributed by atoms with Gasteiger partial charge >= 0.3 is 0 Å². The van der Waals surface area contributed by atoms with Crippen molar-refractivity contribution in [3.8, 4) is 0 Å². The number of rotatable bonds is 0. The van der Waals surface area contributed by atoms with Gasteiger partial charge in [-0.05, 0) is 49.9 Å². The van der Waals surface area contributed by atoms with Crippen molar-refractivity contribution in [3.05, 3.63) is 12.2 Å². The van der Waals surface area contributed by atoms with Gasteiger partial charge in [0.1, 0.15) is 0 Å². The maximum absolute atomic E-state index is 9.31. The van der Waals surface area contributed by atoms with Crippen molar-refractivity contribution in [3.63, 3.8) is 0 Å². The average Bonchev–Trinajstić information content (AvgIpc) is 2.95. The molecule has 80 valence electrons. The highest BCUT2D eigenvalue weighted by Gasteiger charge is 2.63. The van der Waals surface area contributed by atoms with E-state index in [2.05, 4.69) is 17.3 Å². The summed E-state index contributed by atoms with van der Waals surface area (Å²) in [6, 6.07) is 0. The largest absolute Gasteiger partial charge is 0.411 e. The molecular weight excluding hydrogens is 186 g/mol. The zero-order valence-electron chi connectivity index (χ0n) is 8.89. The Labute approximate surface area is 90.0 Å². The van der Waals surface area contributed by atoms with Crippen LogP contribution >= 0.6 is 0 Å². The summed E-state index contributed by atoms with van der Waals surface area (Å²) in [7, 11) is 0. The average molecular weight is 203 g/mol. The van der Waals surface area contributed by atoms with Crippen molar-refractivity contribution in [2.45, 2.75) is 32.1 Å². The molecule has 5 atom stereocenters. The standard InChI is InChI=1S/C13H17NO/c15-14-12-9-2-4-11(6-9)13(12)7-8-1-3-10(13)5-8/h1,3,8-11,15H,2,4-7H2/b14-12-. The van der Waals surface area contributed by atoms with Gasteiger partial charge in [0.25, 0.3) is 0 Å². The normalized spacial score (nSPS) is 57.7. The molecule has 3 saturated carbocycles. The van der Waals surface area contributed by atoms with E-state index in [0.717, 1.165) is 11.8 Å². The van der Waals surface area contributed by atoms with Gasteiger partial charge in [0.2, 0.25) is 0 Å². The summed E-state index contributed by atoms with van der Waals surface area (Å²) in [5.74, 6) is 2.93. The first-order chi connectivity index (χ1) is 7.34. The first-order valence-electron chi connectivity index (χ1n) is 6.25. The van der Waals surface area contributed by atoms with E-state index in [1.807, 2.05) is 0 Å². The second-order valence-electron chi connectivity index (χ2n) is 5.92. The van der Waals surface area contributed by atoms with Crippen molar-refractivity contribution in [2.75, 3.05) is 0 Å². The van der Waals surface area contributed by atoms with Crippen LogP contribution in [0.3, 0.4) is 0 Å². The number of hydrogen-bond acceptors (Lipinski definition) is 2. The number of fused-ring (bicyclic) bond motifs is 6. The van der Waals surface area contributed by atoms with Gasteiger partial charge in [-0.25, -0.2) is 0 Å². The summed E-state index contributed by atoms with van der Waals surface area (Å²) in [6.45, 7) is 0. The minimum absolute atomic E-state index is 0.303. The molecule has 0 aromatic rings. The molecule has 4 aliphatic rings. The van der Waals surface area contributed by atoms with E-state index in [0.29, 0.717) is 17.3 Å². The fraction of sp³-hybridized carbons (Fsp3) is 0.769. The summed E-state index contributed by atoms with van der Waals surface area (Å²) >= 11 is 0. The zero-order chi connectivity index (χ0) is 10.0. The molecule has 2 heteroatoms. The van der Waals surface area contributed by atoms with Crippen LogP contribution in [0, 0.1) is 29.1 Å². The molecule has 5 unspecified atom stereocenters. The molecule has 1 N–H and O–H groups in total. The third-order valence-corrected chi connectivity index (χ3v) is 5.57. The Kier molecular flexibility index (Phi) is 1.38. The quantitative estimate of drug-likeness (QED) is 0.366. The number of oxime groups is 1. The van der Waals surface area contributed by atoms with Crippen LogP contribution in [-0.4, -0.2) is 10.9 Å². The van der Waals surface area contributed by atoms with E-state index in [-0.39, 0.29) is 0 Å². The highest BCUT2D eigenvalue weighted by Crippen LogP contribution is 2.66. The Morgan fingerprint density at radius 2 is 2.20 bits per heavy atom. The Balaban J connectivity index is 1.85. The van der Waals surface area contributed by atoms with Gasteiger partial charge in [0.15, 0.2) is 0 Å². The lowest BCUT2D eigenvalue weighted by Gasteiger charge is -2.39. The summed E-state index contributed by atoms with van der Waals surface area (Å²) < 4.78 is 0. The third-order valence-electron chi connectivity index (χ3n) is 5.57. The predicted octanol–water partition coefficient (Wildman–Crippen LogP) is 2.83. The van der Waals surface area contributed by atoms with Crippen LogP contribution in [0.2, 0.25) is 0 Å². The molecule has 0 aliphatic heterocycles. The summed E-state index contributed by atoms with van der Waals surface area (Å²) in [4.78, 5) is 0. The maximum atomic E-state index is 9.31. The van der Waals surface area contributed by atoms with Crippen molar-refractivity contribution in [2.24, 2.45) is 34.2 Å². The molecule has 0 radical (unpaired) electrons. The fourth-order valence-corrected chi connectivity index (χ4v) is 5.12. The molecule has 0 amide bonds. The topological polar surface area (TPSA) is 32.6 Å². The molecule has 0 aromatic heterocycles. The van der Waals surface area contributed by atoms with Crippen LogP contribution < -0.4 is 0 Å². The Bertz CT molecular complexity index is 373. The van der Waals surface area contributed by atoms with Crippen LogP contribution in [0.5, 0.6) is 0 Å². The first-order valence-corrected chi connectivity index (χ1v) is 6.25. The molecule has 2 nitrogen and oxygen atoms in total. The Hall–Kier alpha value is -0.790. The molecule has 15 heavy (non-hydrogen) atoms. The van der Waals surface area contributed by atoms with Crippen LogP contribution in [0.1, 0.15) is 32.1 Å². The van der Waals surface area contributed by atoms with Crippen molar-refractivity contribution in [1.82, 2.24) is 0 Å². The predicted molar refractivity (Wildman–Crippen MR) is 57.8 cm³/mol. The molecule has 4 rings (SSSR count). The van der Waals surface area contributed by atoms with E-state index in [9.17, 15) is 5.21 Å². The van der Waals surface area contributed by atoms with Crippen LogP contribution in [0.25, 0.3) is 0 Å². The van der Waals surface area contributed by atoms with Gasteiger partial charge in [-0.15, -0.1) is 0 Å². The Morgan fingerprint density at radius 3 is 2.87 bits per heavy atom. The number of nitrogens with zero attached hydrogens (tertiary/aromatic N) is 1. The van der Waals surface area contributed by atoms with E-state index < -0.39 is 0 Å². The number of allylic oxidation sites excluding steroid dienone is 2. The van der Waals surface area contributed by atoms with Crippen molar-refractivity contribution < 1.29 is 5.21 Å². The molecule has 3 fully saturated rings. The van der Waals surface area contributed by atoms with Gasteiger partial charge < -0.3 is 5.21 Å². The van der Waals surface area contributed by atoms with Crippen LogP contribution in [0.4, 0.5) is 0 Å². The van der Waals surface area contributed by atoms with E-state index in [1.54, 1.807) is 0 Å². The lowest BCUT2D eigenvalue weighted by molar-refractivity contribution is 0.213. The Morgan fingerprint density at radius 1 is 1.27 bits per heavy atom. The minimum Gasteiger partial charge on any atom is -0.411 e. The third kappa shape index (κ3) is 0.777. The van der Waals surface area contributed by atoms with Gasteiger partial charge in [0.05, 0.1) is 5.71 Å². The molecule has 0 saturated heterocycles. The molecule has 0 heterocycles. The first kappa shape index (κ1) is 8.37. The summed E-state index contributed by atoms with van der Waals surface area (Å²) in [5, 5.41) is 13.0. The van der Waals surface area contributed by atoms with Crippen LogP contribution in [0.15, 0.2) is 17.3 Å². The highest BCUT2D eigenvalue weighted by molar-refractivity contribution is 5.96. The van der Waals surface area contributed by atoms with Crippen LogP contribution in [-0.2, 0) is 0 Å². The lowest BCUT2D eigenvalue weighted by Crippen LogP contribution is -2.40. The second kappa shape index (κ2) is 2.47.